The molecule has 0 fully saturated rings. The van der Waals surface area contributed by atoms with Gasteiger partial charge in [0.15, 0.2) is 0 Å². The zero-order chi connectivity index (χ0) is 12.3. The molecule has 0 aliphatic rings. The summed E-state index contributed by atoms with van der Waals surface area (Å²) in [6.45, 7) is 0. The van der Waals surface area contributed by atoms with Crippen LogP contribution in [0.5, 0.6) is 5.75 Å². The molecule has 0 atom stereocenters. The van der Waals surface area contributed by atoms with Gasteiger partial charge in [0.05, 0.1) is 29.6 Å². The molecule has 16 heavy (non-hydrogen) atoms. The molecule has 6 heteroatoms. The molecular formula is C10H7BrF3NO. The maximum absolute atomic E-state index is 12.6. The van der Waals surface area contributed by atoms with Crippen LogP contribution in [0, 0.1) is 11.3 Å². The van der Waals surface area contributed by atoms with Crippen molar-refractivity contribution < 1.29 is 17.9 Å². The quantitative estimate of drug-likeness (QED) is 0.835. The smallest absolute Gasteiger partial charge is 0.416 e. The van der Waals surface area contributed by atoms with Crippen molar-refractivity contribution >= 4 is 15.9 Å². The van der Waals surface area contributed by atoms with Gasteiger partial charge in [0.2, 0.25) is 0 Å². The molecular weight excluding hydrogens is 287 g/mol. The van der Waals surface area contributed by atoms with E-state index in [9.17, 15) is 13.2 Å². The number of ether oxygens (including phenoxy) is 1. The van der Waals surface area contributed by atoms with E-state index in [1.807, 2.05) is 0 Å². The molecule has 0 aromatic heterocycles. The highest BCUT2D eigenvalue weighted by Crippen LogP contribution is 2.39. The summed E-state index contributed by atoms with van der Waals surface area (Å²) in [5.74, 6) is 0.276. The summed E-state index contributed by atoms with van der Waals surface area (Å²) in [5.41, 5.74) is -0.920. The van der Waals surface area contributed by atoms with E-state index < -0.39 is 11.7 Å². The first kappa shape index (κ1) is 12.8. The lowest BCUT2D eigenvalue weighted by atomic mass is 10.0. The zero-order valence-electron chi connectivity index (χ0n) is 8.23. The Kier molecular flexibility index (Phi) is 3.81. The number of benzene rings is 1. The summed E-state index contributed by atoms with van der Waals surface area (Å²) in [6.07, 6.45) is -4.80. The van der Waals surface area contributed by atoms with Crippen molar-refractivity contribution in [3.63, 3.8) is 0 Å². The number of rotatable bonds is 2. The third kappa shape index (κ3) is 2.47. The minimum atomic E-state index is -4.47. The number of alkyl halides is 3. The molecule has 0 radical (unpaired) electrons. The van der Waals surface area contributed by atoms with Gasteiger partial charge >= 0.3 is 6.18 Å². The summed E-state index contributed by atoms with van der Waals surface area (Å²) < 4.78 is 42.9. The van der Waals surface area contributed by atoms with Crippen LogP contribution in [0.4, 0.5) is 13.2 Å². The number of halogens is 4. The minimum absolute atomic E-state index is 0.102. The molecule has 2 nitrogen and oxygen atoms in total. The molecule has 86 valence electrons. The van der Waals surface area contributed by atoms with Crippen molar-refractivity contribution in [1.29, 1.82) is 5.26 Å². The lowest BCUT2D eigenvalue weighted by molar-refractivity contribution is -0.138. The SMILES string of the molecule is COc1ccc(C(F)(F)F)c(CC#N)c1Br. The van der Waals surface area contributed by atoms with Crippen LogP contribution >= 0.6 is 15.9 Å². The van der Waals surface area contributed by atoms with Gasteiger partial charge in [-0.1, -0.05) is 0 Å². The second-order valence-electron chi connectivity index (χ2n) is 2.94. The first-order valence-corrected chi connectivity index (χ1v) is 5.00. The maximum atomic E-state index is 12.6. The first-order valence-electron chi connectivity index (χ1n) is 4.21. The molecule has 0 heterocycles. The first-order chi connectivity index (χ1) is 7.41. The Morgan fingerprint density at radius 2 is 2.06 bits per heavy atom. The lowest BCUT2D eigenvalue weighted by Gasteiger charge is -2.14. The fourth-order valence-corrected chi connectivity index (χ4v) is 1.92. The summed E-state index contributed by atoms with van der Waals surface area (Å²) in [6, 6.07) is 3.83. The topological polar surface area (TPSA) is 33.0 Å². The second kappa shape index (κ2) is 4.74. The van der Waals surface area contributed by atoms with Gasteiger partial charge in [-0.15, -0.1) is 0 Å². The minimum Gasteiger partial charge on any atom is -0.496 e. The molecule has 1 aromatic rings. The van der Waals surface area contributed by atoms with Gasteiger partial charge < -0.3 is 4.74 Å². The van der Waals surface area contributed by atoms with E-state index in [2.05, 4.69) is 15.9 Å². The zero-order valence-corrected chi connectivity index (χ0v) is 9.82. The number of nitriles is 1. The summed E-state index contributed by atoms with van der Waals surface area (Å²) in [7, 11) is 1.35. The van der Waals surface area contributed by atoms with Crippen LogP contribution in [0.1, 0.15) is 11.1 Å². The van der Waals surface area contributed by atoms with Crippen molar-refractivity contribution in [2.24, 2.45) is 0 Å². The van der Waals surface area contributed by atoms with Crippen LogP contribution in [-0.4, -0.2) is 7.11 Å². The molecule has 0 saturated heterocycles. The number of methoxy groups -OCH3 is 1. The van der Waals surface area contributed by atoms with Crippen LogP contribution in [0.25, 0.3) is 0 Å². The predicted molar refractivity (Wildman–Crippen MR) is 55.0 cm³/mol. The Balaban J connectivity index is 3.42. The van der Waals surface area contributed by atoms with Crippen molar-refractivity contribution in [2.45, 2.75) is 12.6 Å². The normalized spacial score (nSPS) is 11.0. The summed E-state index contributed by atoms with van der Waals surface area (Å²) in [4.78, 5) is 0. The fraction of sp³-hybridized carbons (Fsp3) is 0.300. The molecule has 0 N–H and O–H groups in total. The monoisotopic (exact) mass is 293 g/mol. The van der Waals surface area contributed by atoms with Gasteiger partial charge in [-0.3, -0.25) is 0 Å². The molecule has 0 amide bonds. The van der Waals surface area contributed by atoms with Gasteiger partial charge in [0, 0.05) is 0 Å². The molecule has 0 saturated carbocycles. The van der Waals surface area contributed by atoms with Crippen LogP contribution in [-0.2, 0) is 12.6 Å². The standard InChI is InChI=1S/C10H7BrF3NO/c1-16-8-3-2-7(10(12,13)14)6(4-5-15)9(8)11/h2-3H,4H2,1H3. The lowest BCUT2D eigenvalue weighted by Crippen LogP contribution is -2.10. The number of hydrogen-bond donors (Lipinski definition) is 0. The maximum Gasteiger partial charge on any atom is 0.416 e. The third-order valence-electron chi connectivity index (χ3n) is 1.99. The van der Waals surface area contributed by atoms with Crippen molar-refractivity contribution in [3.8, 4) is 11.8 Å². The van der Waals surface area contributed by atoms with E-state index in [0.717, 1.165) is 6.07 Å². The molecule has 1 rings (SSSR count). The average molecular weight is 294 g/mol. The molecule has 0 spiro atoms. The van der Waals surface area contributed by atoms with E-state index in [0.29, 0.717) is 0 Å². The highest BCUT2D eigenvalue weighted by atomic mass is 79.9. The fourth-order valence-electron chi connectivity index (χ4n) is 1.27. The van der Waals surface area contributed by atoms with Crippen molar-refractivity contribution in [1.82, 2.24) is 0 Å². The average Bonchev–Trinajstić information content (AvgIpc) is 2.19. The van der Waals surface area contributed by atoms with Crippen LogP contribution < -0.4 is 4.74 Å². The highest BCUT2D eigenvalue weighted by Gasteiger charge is 2.34. The van der Waals surface area contributed by atoms with E-state index in [-0.39, 0.29) is 22.2 Å². The Bertz CT molecular complexity index is 437. The van der Waals surface area contributed by atoms with Crippen molar-refractivity contribution in [2.75, 3.05) is 7.11 Å². The van der Waals surface area contributed by atoms with Crippen LogP contribution in [0.3, 0.4) is 0 Å². The summed E-state index contributed by atoms with van der Waals surface area (Å²) in [5, 5.41) is 8.52. The predicted octanol–water partition coefficient (Wildman–Crippen LogP) is 3.54. The van der Waals surface area contributed by atoms with Crippen LogP contribution in [0.2, 0.25) is 0 Å². The van der Waals surface area contributed by atoms with Crippen LogP contribution in [0.15, 0.2) is 16.6 Å². The van der Waals surface area contributed by atoms with Crippen molar-refractivity contribution in [3.05, 3.63) is 27.7 Å². The summed E-state index contributed by atoms with van der Waals surface area (Å²) >= 11 is 3.01. The number of nitrogens with zero attached hydrogens (tertiary/aromatic N) is 1. The van der Waals surface area contributed by atoms with E-state index in [1.54, 1.807) is 6.07 Å². The van der Waals surface area contributed by atoms with Gasteiger partial charge in [0.25, 0.3) is 0 Å². The van der Waals surface area contributed by atoms with Gasteiger partial charge in [0.1, 0.15) is 5.75 Å². The molecule has 0 aliphatic heterocycles. The second-order valence-corrected chi connectivity index (χ2v) is 3.73. The van der Waals surface area contributed by atoms with E-state index in [4.69, 9.17) is 10.00 Å². The Labute approximate surface area is 98.8 Å². The molecule has 0 aliphatic carbocycles. The third-order valence-corrected chi connectivity index (χ3v) is 2.86. The molecule has 0 unspecified atom stereocenters. The van der Waals surface area contributed by atoms with E-state index in [1.165, 1.54) is 13.2 Å². The molecule has 0 bridgehead atoms. The molecule has 1 aromatic carbocycles. The highest BCUT2D eigenvalue weighted by molar-refractivity contribution is 9.10. The Hall–Kier alpha value is -1.22. The van der Waals surface area contributed by atoms with Gasteiger partial charge in [-0.05, 0) is 33.6 Å². The Morgan fingerprint density at radius 3 is 2.50 bits per heavy atom. The Morgan fingerprint density at radius 1 is 1.44 bits per heavy atom. The number of hydrogen-bond acceptors (Lipinski definition) is 2. The van der Waals surface area contributed by atoms with Gasteiger partial charge in [-0.25, -0.2) is 0 Å². The van der Waals surface area contributed by atoms with E-state index >= 15 is 0 Å². The van der Waals surface area contributed by atoms with Gasteiger partial charge in [-0.2, -0.15) is 18.4 Å². The largest absolute Gasteiger partial charge is 0.496 e.